The number of carbonyl (C=O) groups is 1. The predicted molar refractivity (Wildman–Crippen MR) is 59.3 cm³/mol. The fourth-order valence-corrected chi connectivity index (χ4v) is 1.48. The van der Waals surface area contributed by atoms with Crippen LogP contribution in [0.4, 0.5) is 0 Å². The second-order valence-corrected chi connectivity index (χ2v) is 3.42. The first-order chi connectivity index (χ1) is 7.57. The van der Waals surface area contributed by atoms with Gasteiger partial charge in [0, 0.05) is 23.6 Å². The first-order valence-corrected chi connectivity index (χ1v) is 4.93. The number of nitrogens with zero attached hydrogens (tertiary/aromatic N) is 3. The van der Waals surface area contributed by atoms with Gasteiger partial charge in [-0.1, -0.05) is 5.11 Å². The van der Waals surface area contributed by atoms with E-state index in [2.05, 4.69) is 15.3 Å². The number of aryl methyl sites for hydroxylation is 2. The molecule has 0 bridgehead atoms. The lowest BCUT2D eigenvalue weighted by Crippen LogP contribution is -2.26. The standard InChI is InChI=1S/C10H14N4O2/c1-6-7(2)16-8(3)9(6)10(15)12-4-5-13-14-11/h4-5H2,1-3H3,(H,12,15). The highest BCUT2D eigenvalue weighted by Crippen LogP contribution is 2.20. The molecular formula is C10H14N4O2. The Kier molecular flexibility index (Phi) is 3.96. The lowest BCUT2D eigenvalue weighted by molar-refractivity contribution is 0.0953. The molecule has 6 heteroatoms. The largest absolute Gasteiger partial charge is 0.466 e. The lowest BCUT2D eigenvalue weighted by atomic mass is 10.1. The van der Waals surface area contributed by atoms with Gasteiger partial charge < -0.3 is 9.73 Å². The van der Waals surface area contributed by atoms with Crippen LogP contribution >= 0.6 is 0 Å². The monoisotopic (exact) mass is 222 g/mol. The molecule has 6 nitrogen and oxygen atoms in total. The van der Waals surface area contributed by atoms with E-state index < -0.39 is 0 Å². The molecule has 1 rings (SSSR count). The second kappa shape index (κ2) is 5.23. The van der Waals surface area contributed by atoms with Crippen molar-refractivity contribution < 1.29 is 9.21 Å². The van der Waals surface area contributed by atoms with Crippen LogP contribution in [0.15, 0.2) is 9.53 Å². The van der Waals surface area contributed by atoms with E-state index in [0.717, 1.165) is 11.3 Å². The highest BCUT2D eigenvalue weighted by molar-refractivity contribution is 5.96. The van der Waals surface area contributed by atoms with Gasteiger partial charge in [0.25, 0.3) is 5.91 Å². The number of furan rings is 1. The zero-order valence-electron chi connectivity index (χ0n) is 9.57. The Morgan fingerprint density at radius 1 is 1.44 bits per heavy atom. The summed E-state index contributed by atoms with van der Waals surface area (Å²) in [5, 5.41) is 5.99. The number of amides is 1. The fraction of sp³-hybridized carbons (Fsp3) is 0.500. The van der Waals surface area contributed by atoms with Gasteiger partial charge in [0.1, 0.15) is 11.5 Å². The summed E-state index contributed by atoms with van der Waals surface area (Å²) in [5.41, 5.74) is 9.48. The molecule has 0 aliphatic carbocycles. The first-order valence-electron chi connectivity index (χ1n) is 4.93. The van der Waals surface area contributed by atoms with E-state index in [1.165, 1.54) is 0 Å². The Morgan fingerprint density at radius 2 is 2.12 bits per heavy atom. The molecule has 0 radical (unpaired) electrons. The maximum atomic E-state index is 11.8. The average Bonchev–Trinajstić information content (AvgIpc) is 2.48. The summed E-state index contributed by atoms with van der Waals surface area (Å²) < 4.78 is 5.35. The molecule has 0 atom stereocenters. The van der Waals surface area contributed by atoms with Crippen molar-refractivity contribution in [2.45, 2.75) is 20.8 Å². The predicted octanol–water partition coefficient (Wildman–Crippen LogP) is 2.24. The summed E-state index contributed by atoms with van der Waals surface area (Å²) in [6, 6.07) is 0. The molecule has 86 valence electrons. The zero-order valence-corrected chi connectivity index (χ0v) is 9.57. The maximum absolute atomic E-state index is 11.8. The first kappa shape index (κ1) is 12.1. The molecule has 16 heavy (non-hydrogen) atoms. The van der Waals surface area contributed by atoms with Crippen molar-refractivity contribution in [1.82, 2.24) is 5.32 Å². The normalized spacial score (nSPS) is 9.69. The van der Waals surface area contributed by atoms with Crippen LogP contribution in [0.2, 0.25) is 0 Å². The van der Waals surface area contributed by atoms with E-state index in [-0.39, 0.29) is 12.5 Å². The summed E-state index contributed by atoms with van der Waals surface area (Å²) in [5.74, 6) is 1.16. The molecule has 1 aromatic rings. The third-order valence-electron chi connectivity index (χ3n) is 2.35. The summed E-state index contributed by atoms with van der Waals surface area (Å²) in [4.78, 5) is 14.4. The summed E-state index contributed by atoms with van der Waals surface area (Å²) in [7, 11) is 0. The van der Waals surface area contributed by atoms with Crippen molar-refractivity contribution in [1.29, 1.82) is 0 Å². The van der Waals surface area contributed by atoms with Gasteiger partial charge in [-0.2, -0.15) is 0 Å². The van der Waals surface area contributed by atoms with Crippen LogP contribution in [0.5, 0.6) is 0 Å². The van der Waals surface area contributed by atoms with Crippen molar-refractivity contribution >= 4 is 5.91 Å². The van der Waals surface area contributed by atoms with Gasteiger partial charge in [0.05, 0.1) is 5.56 Å². The molecule has 0 aromatic carbocycles. The molecule has 1 aromatic heterocycles. The van der Waals surface area contributed by atoms with Crippen LogP contribution < -0.4 is 5.32 Å². The Hall–Kier alpha value is -1.94. The summed E-state index contributed by atoms with van der Waals surface area (Å²) in [6.07, 6.45) is 0. The van der Waals surface area contributed by atoms with E-state index in [4.69, 9.17) is 9.95 Å². The van der Waals surface area contributed by atoms with E-state index in [1.807, 2.05) is 13.8 Å². The second-order valence-electron chi connectivity index (χ2n) is 3.42. The molecule has 0 saturated heterocycles. The highest BCUT2D eigenvalue weighted by atomic mass is 16.3. The fourth-order valence-electron chi connectivity index (χ4n) is 1.48. The zero-order chi connectivity index (χ0) is 12.1. The minimum Gasteiger partial charge on any atom is -0.466 e. The van der Waals surface area contributed by atoms with Crippen LogP contribution in [-0.4, -0.2) is 19.0 Å². The summed E-state index contributed by atoms with van der Waals surface area (Å²) >= 11 is 0. The van der Waals surface area contributed by atoms with Crippen LogP contribution in [-0.2, 0) is 0 Å². The molecule has 1 amide bonds. The molecule has 1 N–H and O–H groups in total. The third-order valence-corrected chi connectivity index (χ3v) is 2.35. The molecule has 0 fully saturated rings. The number of nitrogens with one attached hydrogen (secondary N) is 1. The van der Waals surface area contributed by atoms with E-state index in [1.54, 1.807) is 6.92 Å². The van der Waals surface area contributed by atoms with Gasteiger partial charge in [0.15, 0.2) is 0 Å². The van der Waals surface area contributed by atoms with Gasteiger partial charge in [-0.15, -0.1) is 0 Å². The van der Waals surface area contributed by atoms with E-state index >= 15 is 0 Å². The number of hydrogen-bond donors (Lipinski definition) is 1. The van der Waals surface area contributed by atoms with E-state index in [0.29, 0.717) is 17.9 Å². The van der Waals surface area contributed by atoms with Gasteiger partial charge in [-0.3, -0.25) is 4.79 Å². The Balaban J connectivity index is 2.69. The smallest absolute Gasteiger partial charge is 0.255 e. The van der Waals surface area contributed by atoms with Gasteiger partial charge in [-0.25, -0.2) is 0 Å². The number of hydrogen-bond acceptors (Lipinski definition) is 3. The SMILES string of the molecule is Cc1oc(C)c(C(=O)NCCN=[N+]=[N-])c1C. The Bertz CT molecular complexity index is 444. The Morgan fingerprint density at radius 3 is 2.62 bits per heavy atom. The molecule has 0 saturated carbocycles. The van der Waals surface area contributed by atoms with Crippen LogP contribution in [0.3, 0.4) is 0 Å². The Labute approximate surface area is 93.3 Å². The van der Waals surface area contributed by atoms with Crippen LogP contribution in [0, 0.1) is 20.8 Å². The van der Waals surface area contributed by atoms with Gasteiger partial charge >= 0.3 is 0 Å². The molecule has 1 heterocycles. The molecular weight excluding hydrogens is 208 g/mol. The maximum Gasteiger partial charge on any atom is 0.255 e. The number of azide groups is 1. The topological polar surface area (TPSA) is 91.0 Å². The number of carbonyl (C=O) groups excluding carboxylic acids is 1. The van der Waals surface area contributed by atoms with Crippen molar-refractivity contribution in [2.75, 3.05) is 13.1 Å². The van der Waals surface area contributed by atoms with Crippen molar-refractivity contribution in [3.63, 3.8) is 0 Å². The minimum atomic E-state index is -0.194. The summed E-state index contributed by atoms with van der Waals surface area (Å²) in [6.45, 7) is 5.98. The van der Waals surface area contributed by atoms with Crippen LogP contribution in [0.1, 0.15) is 27.4 Å². The van der Waals surface area contributed by atoms with E-state index in [9.17, 15) is 4.79 Å². The molecule has 0 unspecified atom stereocenters. The van der Waals surface area contributed by atoms with Crippen molar-refractivity contribution in [2.24, 2.45) is 5.11 Å². The molecule has 0 aliphatic heterocycles. The number of rotatable bonds is 4. The molecule has 0 aliphatic rings. The van der Waals surface area contributed by atoms with Crippen LogP contribution in [0.25, 0.3) is 10.4 Å². The highest BCUT2D eigenvalue weighted by Gasteiger charge is 2.17. The van der Waals surface area contributed by atoms with Crippen molar-refractivity contribution in [3.8, 4) is 0 Å². The lowest BCUT2D eigenvalue weighted by Gasteiger charge is -2.02. The van der Waals surface area contributed by atoms with Crippen molar-refractivity contribution in [3.05, 3.63) is 33.1 Å². The quantitative estimate of drug-likeness (QED) is 0.366. The average molecular weight is 222 g/mol. The van der Waals surface area contributed by atoms with Gasteiger partial charge in [-0.05, 0) is 26.3 Å². The van der Waals surface area contributed by atoms with Gasteiger partial charge in [0.2, 0.25) is 0 Å². The third kappa shape index (κ3) is 2.55. The minimum absolute atomic E-state index is 0.194. The molecule has 0 spiro atoms.